The zero-order chi connectivity index (χ0) is 16.4. The van der Waals surface area contributed by atoms with Gasteiger partial charge >= 0.3 is 0 Å². The molecule has 2 aromatic rings. The fourth-order valence-electron chi connectivity index (χ4n) is 2.81. The number of benzene rings is 2. The van der Waals surface area contributed by atoms with Crippen molar-refractivity contribution in [3.8, 4) is 0 Å². The van der Waals surface area contributed by atoms with Gasteiger partial charge in [0.05, 0.1) is 4.90 Å². The Balaban J connectivity index is 1.78. The van der Waals surface area contributed by atoms with Crippen molar-refractivity contribution in [1.82, 2.24) is 0 Å². The van der Waals surface area contributed by atoms with Gasteiger partial charge in [0.1, 0.15) is 0 Å². The third kappa shape index (κ3) is 3.50. The van der Waals surface area contributed by atoms with Crippen LogP contribution < -0.4 is 9.62 Å². The summed E-state index contributed by atoms with van der Waals surface area (Å²) in [5.74, 6) is 0. The van der Waals surface area contributed by atoms with Gasteiger partial charge in [-0.3, -0.25) is 4.72 Å². The lowest BCUT2D eigenvalue weighted by molar-refractivity contribution is 0.601. The zero-order valence-electron chi connectivity index (χ0n) is 13.5. The van der Waals surface area contributed by atoms with Crippen LogP contribution in [0, 0.1) is 13.8 Å². The van der Waals surface area contributed by atoms with E-state index in [-0.39, 0.29) is 0 Å². The maximum Gasteiger partial charge on any atom is 0.261 e. The van der Waals surface area contributed by atoms with E-state index in [1.54, 1.807) is 12.1 Å². The first-order chi connectivity index (χ1) is 11.0. The van der Waals surface area contributed by atoms with Gasteiger partial charge in [-0.25, -0.2) is 8.42 Å². The van der Waals surface area contributed by atoms with Gasteiger partial charge < -0.3 is 4.90 Å². The van der Waals surface area contributed by atoms with E-state index in [2.05, 4.69) is 9.62 Å². The molecule has 5 heteroatoms. The van der Waals surface area contributed by atoms with Crippen molar-refractivity contribution in [3.63, 3.8) is 0 Å². The van der Waals surface area contributed by atoms with Crippen LogP contribution >= 0.6 is 0 Å². The molecule has 0 atom stereocenters. The lowest BCUT2D eigenvalue weighted by atomic mass is 10.1. The Bertz CT molecular complexity index is 792. The van der Waals surface area contributed by atoms with E-state index in [4.69, 9.17) is 0 Å². The number of hydrogen-bond acceptors (Lipinski definition) is 3. The summed E-state index contributed by atoms with van der Waals surface area (Å²) in [5.41, 5.74) is 3.79. The molecule has 1 saturated heterocycles. The van der Waals surface area contributed by atoms with Crippen LogP contribution in [0.15, 0.2) is 47.4 Å². The lowest BCUT2D eigenvalue weighted by Gasteiger charge is -2.18. The molecule has 0 spiro atoms. The van der Waals surface area contributed by atoms with Crippen molar-refractivity contribution in [2.24, 2.45) is 0 Å². The van der Waals surface area contributed by atoms with Crippen LogP contribution in [0.5, 0.6) is 0 Å². The maximum atomic E-state index is 12.5. The van der Waals surface area contributed by atoms with Gasteiger partial charge in [-0.1, -0.05) is 6.07 Å². The number of anilines is 2. The molecule has 4 nitrogen and oxygen atoms in total. The van der Waals surface area contributed by atoms with Crippen molar-refractivity contribution in [2.45, 2.75) is 31.6 Å². The van der Waals surface area contributed by atoms with Gasteiger partial charge in [0, 0.05) is 24.5 Å². The van der Waals surface area contributed by atoms with E-state index in [1.807, 2.05) is 44.2 Å². The zero-order valence-corrected chi connectivity index (χ0v) is 14.4. The summed E-state index contributed by atoms with van der Waals surface area (Å²) in [6.07, 6.45) is 2.45. The SMILES string of the molecule is Cc1ccc(S(=O)(=O)Nc2ccc(N3CCCC3)cc2)cc1C. The van der Waals surface area contributed by atoms with Crippen molar-refractivity contribution >= 4 is 21.4 Å². The molecule has 0 amide bonds. The summed E-state index contributed by atoms with van der Waals surface area (Å²) in [7, 11) is -3.55. The summed E-state index contributed by atoms with van der Waals surface area (Å²) < 4.78 is 27.6. The summed E-state index contributed by atoms with van der Waals surface area (Å²) >= 11 is 0. The Morgan fingerprint density at radius 3 is 2.17 bits per heavy atom. The molecule has 122 valence electrons. The Kier molecular flexibility index (Phi) is 4.31. The Labute approximate surface area is 138 Å². The van der Waals surface area contributed by atoms with Gasteiger partial charge in [0.2, 0.25) is 0 Å². The molecule has 1 fully saturated rings. The first-order valence-electron chi connectivity index (χ1n) is 7.91. The third-order valence-electron chi connectivity index (χ3n) is 4.38. The molecule has 0 saturated carbocycles. The minimum atomic E-state index is -3.55. The van der Waals surface area contributed by atoms with E-state index in [1.165, 1.54) is 12.8 Å². The number of nitrogens with one attached hydrogen (secondary N) is 1. The molecule has 1 heterocycles. The van der Waals surface area contributed by atoms with Crippen molar-refractivity contribution < 1.29 is 8.42 Å². The molecule has 0 bridgehead atoms. The second-order valence-electron chi connectivity index (χ2n) is 6.09. The summed E-state index contributed by atoms with van der Waals surface area (Å²) in [6, 6.07) is 12.8. The third-order valence-corrected chi connectivity index (χ3v) is 5.76. The molecule has 0 aromatic heterocycles. The van der Waals surface area contributed by atoms with Crippen molar-refractivity contribution in [2.75, 3.05) is 22.7 Å². The molecule has 3 rings (SSSR count). The van der Waals surface area contributed by atoms with Gasteiger partial charge in [0.25, 0.3) is 10.0 Å². The predicted molar refractivity (Wildman–Crippen MR) is 94.6 cm³/mol. The summed E-state index contributed by atoms with van der Waals surface area (Å²) in [6.45, 7) is 6.04. The number of aryl methyl sites for hydroxylation is 2. The highest BCUT2D eigenvalue weighted by molar-refractivity contribution is 7.92. The predicted octanol–water partition coefficient (Wildman–Crippen LogP) is 3.70. The standard InChI is InChI=1S/C18H22N2O2S/c1-14-5-10-18(13-15(14)2)23(21,22)19-16-6-8-17(9-7-16)20-11-3-4-12-20/h5-10,13,19H,3-4,11-12H2,1-2H3. The van der Waals surface area contributed by atoms with E-state index in [0.717, 1.165) is 29.9 Å². The molecule has 1 N–H and O–H groups in total. The van der Waals surface area contributed by atoms with Crippen LogP contribution in [-0.2, 0) is 10.0 Å². The Hall–Kier alpha value is -2.01. The molecule has 0 aliphatic carbocycles. The van der Waals surface area contributed by atoms with Gasteiger partial charge in [0.15, 0.2) is 0 Å². The molecular formula is C18H22N2O2S. The molecule has 0 radical (unpaired) electrons. The number of nitrogens with zero attached hydrogens (tertiary/aromatic N) is 1. The average molecular weight is 330 g/mol. The minimum Gasteiger partial charge on any atom is -0.372 e. The average Bonchev–Trinajstić information content (AvgIpc) is 3.04. The van der Waals surface area contributed by atoms with Gasteiger partial charge in [-0.15, -0.1) is 0 Å². The van der Waals surface area contributed by atoms with Crippen molar-refractivity contribution in [1.29, 1.82) is 0 Å². The quantitative estimate of drug-likeness (QED) is 0.930. The lowest BCUT2D eigenvalue weighted by Crippen LogP contribution is -2.17. The van der Waals surface area contributed by atoms with Crippen molar-refractivity contribution in [3.05, 3.63) is 53.6 Å². The molecule has 0 unspecified atom stereocenters. The highest BCUT2D eigenvalue weighted by atomic mass is 32.2. The minimum absolute atomic E-state index is 0.296. The molecule has 23 heavy (non-hydrogen) atoms. The monoisotopic (exact) mass is 330 g/mol. The highest BCUT2D eigenvalue weighted by Gasteiger charge is 2.16. The molecule has 2 aromatic carbocycles. The molecule has 1 aliphatic heterocycles. The first kappa shape index (κ1) is 15.9. The Morgan fingerprint density at radius 2 is 1.57 bits per heavy atom. The fourth-order valence-corrected chi connectivity index (χ4v) is 3.95. The van der Waals surface area contributed by atoms with Gasteiger partial charge in [-0.2, -0.15) is 0 Å². The van der Waals surface area contributed by atoms with E-state index < -0.39 is 10.0 Å². The number of sulfonamides is 1. The van der Waals surface area contributed by atoms with Crippen LogP contribution in [-0.4, -0.2) is 21.5 Å². The van der Waals surface area contributed by atoms with Crippen LogP contribution in [0.4, 0.5) is 11.4 Å². The van der Waals surface area contributed by atoms with E-state index >= 15 is 0 Å². The number of hydrogen-bond donors (Lipinski definition) is 1. The van der Waals surface area contributed by atoms with Gasteiger partial charge in [-0.05, 0) is 74.2 Å². The number of rotatable bonds is 4. The van der Waals surface area contributed by atoms with Crippen LogP contribution in [0.2, 0.25) is 0 Å². The first-order valence-corrected chi connectivity index (χ1v) is 9.39. The summed E-state index contributed by atoms with van der Waals surface area (Å²) in [5, 5.41) is 0. The topological polar surface area (TPSA) is 49.4 Å². The maximum absolute atomic E-state index is 12.5. The fraction of sp³-hybridized carbons (Fsp3) is 0.333. The highest BCUT2D eigenvalue weighted by Crippen LogP contribution is 2.24. The van der Waals surface area contributed by atoms with Crippen LogP contribution in [0.3, 0.4) is 0 Å². The molecule has 1 aliphatic rings. The van der Waals surface area contributed by atoms with Crippen LogP contribution in [0.25, 0.3) is 0 Å². The largest absolute Gasteiger partial charge is 0.372 e. The van der Waals surface area contributed by atoms with E-state index in [0.29, 0.717) is 10.6 Å². The normalized spacial score (nSPS) is 15.0. The smallest absolute Gasteiger partial charge is 0.261 e. The Morgan fingerprint density at radius 1 is 0.913 bits per heavy atom. The van der Waals surface area contributed by atoms with E-state index in [9.17, 15) is 8.42 Å². The van der Waals surface area contributed by atoms with Crippen LogP contribution in [0.1, 0.15) is 24.0 Å². The second kappa shape index (κ2) is 6.24. The second-order valence-corrected chi connectivity index (χ2v) is 7.77. The summed E-state index contributed by atoms with van der Waals surface area (Å²) in [4.78, 5) is 2.62. The molecular weight excluding hydrogens is 308 g/mol.